The second-order valence-electron chi connectivity index (χ2n) is 4.33. The number of rotatable bonds is 5. The lowest BCUT2D eigenvalue weighted by atomic mass is 10.1. The molecule has 0 heterocycles. The first-order valence-electron chi connectivity index (χ1n) is 6.01. The van der Waals surface area contributed by atoms with Gasteiger partial charge in [-0.05, 0) is 61.9 Å². The number of benzene rings is 1. The molecular formula is C13H19NOS. The Bertz CT molecular complexity index is 390. The van der Waals surface area contributed by atoms with E-state index in [0.717, 1.165) is 29.9 Å². The molecule has 2 N–H and O–H groups in total. The Morgan fingerprint density at radius 1 is 1.19 bits per heavy atom. The lowest BCUT2D eigenvalue weighted by Crippen LogP contribution is -2.03. The SMILES string of the molecule is NCCCCS(=O)c1ccc2c(c1)CCC2. The fourth-order valence-electron chi connectivity index (χ4n) is 2.19. The number of unbranched alkanes of at least 4 members (excludes halogenated alkanes) is 1. The van der Waals surface area contributed by atoms with Crippen LogP contribution in [-0.2, 0) is 23.6 Å². The first-order chi connectivity index (χ1) is 7.81. The molecule has 1 aromatic carbocycles. The summed E-state index contributed by atoms with van der Waals surface area (Å²) >= 11 is 0. The van der Waals surface area contributed by atoms with Crippen LogP contribution >= 0.6 is 0 Å². The average Bonchev–Trinajstić information content (AvgIpc) is 2.76. The fraction of sp³-hybridized carbons (Fsp3) is 0.538. The molecule has 1 atom stereocenters. The highest BCUT2D eigenvalue weighted by Gasteiger charge is 2.12. The zero-order valence-corrected chi connectivity index (χ0v) is 10.4. The summed E-state index contributed by atoms with van der Waals surface area (Å²) in [5.41, 5.74) is 8.28. The van der Waals surface area contributed by atoms with Crippen LogP contribution in [0.1, 0.15) is 30.4 Å². The maximum atomic E-state index is 12.0. The van der Waals surface area contributed by atoms with Crippen molar-refractivity contribution in [2.24, 2.45) is 5.73 Å². The summed E-state index contributed by atoms with van der Waals surface area (Å²) in [4.78, 5) is 0.998. The van der Waals surface area contributed by atoms with Gasteiger partial charge in [0, 0.05) is 10.6 Å². The zero-order chi connectivity index (χ0) is 11.4. The first kappa shape index (κ1) is 11.8. The lowest BCUT2D eigenvalue weighted by molar-refractivity contribution is 0.678. The second-order valence-corrected chi connectivity index (χ2v) is 5.90. The molecule has 0 spiro atoms. The maximum absolute atomic E-state index is 12.0. The van der Waals surface area contributed by atoms with E-state index in [1.807, 2.05) is 6.07 Å². The number of hydrogen-bond acceptors (Lipinski definition) is 2. The standard InChI is InChI=1S/C13H19NOS/c14-8-1-2-9-16(15)13-7-6-11-4-3-5-12(11)10-13/h6-7,10H,1-5,8-9,14H2. The van der Waals surface area contributed by atoms with Crippen molar-refractivity contribution in [1.82, 2.24) is 0 Å². The van der Waals surface area contributed by atoms with Gasteiger partial charge in [0.1, 0.15) is 0 Å². The zero-order valence-electron chi connectivity index (χ0n) is 9.58. The van der Waals surface area contributed by atoms with Crippen LogP contribution in [0.25, 0.3) is 0 Å². The highest BCUT2D eigenvalue weighted by Crippen LogP contribution is 2.24. The summed E-state index contributed by atoms with van der Waals surface area (Å²) in [5, 5.41) is 0. The summed E-state index contributed by atoms with van der Waals surface area (Å²) in [6.07, 6.45) is 5.52. The molecule has 3 heteroatoms. The minimum absolute atomic E-state index is 0.696. The summed E-state index contributed by atoms with van der Waals surface area (Å²) in [6, 6.07) is 6.32. The molecule has 0 saturated carbocycles. The van der Waals surface area contributed by atoms with E-state index < -0.39 is 10.8 Å². The van der Waals surface area contributed by atoms with Gasteiger partial charge in [-0.2, -0.15) is 0 Å². The van der Waals surface area contributed by atoms with E-state index in [1.165, 1.54) is 24.0 Å². The molecule has 0 fully saturated rings. The van der Waals surface area contributed by atoms with Crippen molar-refractivity contribution in [2.45, 2.75) is 37.0 Å². The van der Waals surface area contributed by atoms with Gasteiger partial charge in [0.2, 0.25) is 0 Å². The predicted molar refractivity (Wildman–Crippen MR) is 68.0 cm³/mol. The van der Waals surface area contributed by atoms with Crippen LogP contribution in [0, 0.1) is 0 Å². The van der Waals surface area contributed by atoms with Crippen LogP contribution < -0.4 is 5.73 Å². The van der Waals surface area contributed by atoms with Gasteiger partial charge in [0.05, 0.1) is 10.8 Å². The van der Waals surface area contributed by atoms with Crippen LogP contribution in [0.4, 0.5) is 0 Å². The maximum Gasteiger partial charge on any atom is 0.0529 e. The van der Waals surface area contributed by atoms with Gasteiger partial charge in [-0.15, -0.1) is 0 Å². The Labute approximate surface area is 99.7 Å². The Hall–Kier alpha value is -0.670. The van der Waals surface area contributed by atoms with E-state index in [-0.39, 0.29) is 0 Å². The summed E-state index contributed by atoms with van der Waals surface area (Å²) in [5.74, 6) is 0.746. The Kier molecular flexibility index (Phi) is 4.13. The van der Waals surface area contributed by atoms with E-state index in [2.05, 4.69) is 12.1 Å². The number of fused-ring (bicyclic) bond motifs is 1. The van der Waals surface area contributed by atoms with Crippen molar-refractivity contribution in [3.05, 3.63) is 29.3 Å². The van der Waals surface area contributed by atoms with Crippen molar-refractivity contribution < 1.29 is 4.21 Å². The Morgan fingerprint density at radius 3 is 2.81 bits per heavy atom. The molecular weight excluding hydrogens is 218 g/mol. The monoisotopic (exact) mass is 237 g/mol. The molecule has 1 aromatic rings. The van der Waals surface area contributed by atoms with E-state index in [9.17, 15) is 4.21 Å². The van der Waals surface area contributed by atoms with Gasteiger partial charge < -0.3 is 5.73 Å². The van der Waals surface area contributed by atoms with Gasteiger partial charge in [0.25, 0.3) is 0 Å². The van der Waals surface area contributed by atoms with E-state index in [1.54, 1.807) is 0 Å². The van der Waals surface area contributed by atoms with Crippen molar-refractivity contribution in [2.75, 3.05) is 12.3 Å². The van der Waals surface area contributed by atoms with Crippen molar-refractivity contribution in [3.8, 4) is 0 Å². The number of aryl methyl sites for hydroxylation is 2. The van der Waals surface area contributed by atoms with E-state index >= 15 is 0 Å². The molecule has 0 saturated heterocycles. The molecule has 0 aromatic heterocycles. The Balaban J connectivity index is 2.01. The largest absolute Gasteiger partial charge is 0.330 e. The summed E-state index contributed by atoms with van der Waals surface area (Å²) in [6.45, 7) is 0.696. The minimum atomic E-state index is -0.833. The van der Waals surface area contributed by atoms with Gasteiger partial charge in [-0.25, -0.2) is 0 Å². The van der Waals surface area contributed by atoms with E-state index in [4.69, 9.17) is 5.73 Å². The molecule has 1 aliphatic rings. The smallest absolute Gasteiger partial charge is 0.0529 e. The highest BCUT2D eigenvalue weighted by molar-refractivity contribution is 7.85. The molecule has 1 aliphatic carbocycles. The molecule has 0 aliphatic heterocycles. The molecule has 16 heavy (non-hydrogen) atoms. The highest BCUT2D eigenvalue weighted by atomic mass is 32.2. The first-order valence-corrected chi connectivity index (χ1v) is 7.33. The molecule has 1 unspecified atom stereocenters. The Morgan fingerprint density at radius 2 is 2.00 bits per heavy atom. The average molecular weight is 237 g/mol. The van der Waals surface area contributed by atoms with Crippen molar-refractivity contribution in [1.29, 1.82) is 0 Å². The van der Waals surface area contributed by atoms with Gasteiger partial charge in [0.15, 0.2) is 0 Å². The van der Waals surface area contributed by atoms with Gasteiger partial charge >= 0.3 is 0 Å². The lowest BCUT2D eigenvalue weighted by Gasteiger charge is -2.05. The minimum Gasteiger partial charge on any atom is -0.330 e. The van der Waals surface area contributed by atoms with Crippen LogP contribution in [0.3, 0.4) is 0 Å². The van der Waals surface area contributed by atoms with Gasteiger partial charge in [-0.3, -0.25) is 4.21 Å². The van der Waals surface area contributed by atoms with Crippen molar-refractivity contribution in [3.63, 3.8) is 0 Å². The third-order valence-corrected chi connectivity index (χ3v) is 4.56. The van der Waals surface area contributed by atoms with Gasteiger partial charge in [-0.1, -0.05) is 6.07 Å². The van der Waals surface area contributed by atoms with Crippen molar-refractivity contribution >= 4 is 10.8 Å². The number of hydrogen-bond donors (Lipinski definition) is 1. The molecule has 88 valence electrons. The predicted octanol–water partition coefficient (Wildman–Crippen LogP) is 2.02. The molecule has 0 radical (unpaired) electrons. The normalized spacial score (nSPS) is 16.1. The quantitative estimate of drug-likeness (QED) is 0.796. The number of nitrogens with two attached hydrogens (primary N) is 1. The van der Waals surface area contributed by atoms with Crippen LogP contribution in [0.5, 0.6) is 0 Å². The second kappa shape index (κ2) is 5.60. The molecule has 2 nitrogen and oxygen atoms in total. The van der Waals surface area contributed by atoms with Crippen LogP contribution in [0.2, 0.25) is 0 Å². The molecule has 0 amide bonds. The topological polar surface area (TPSA) is 43.1 Å². The third-order valence-electron chi connectivity index (χ3n) is 3.12. The van der Waals surface area contributed by atoms with Crippen LogP contribution in [-0.4, -0.2) is 16.5 Å². The van der Waals surface area contributed by atoms with E-state index in [0.29, 0.717) is 6.54 Å². The molecule has 2 rings (SSSR count). The summed E-state index contributed by atoms with van der Waals surface area (Å²) < 4.78 is 12.0. The summed E-state index contributed by atoms with van der Waals surface area (Å²) in [7, 11) is -0.833. The fourth-order valence-corrected chi connectivity index (χ4v) is 3.38. The molecule has 0 bridgehead atoms. The third kappa shape index (κ3) is 2.71. The van der Waals surface area contributed by atoms with Crippen LogP contribution in [0.15, 0.2) is 23.1 Å².